The normalized spacial score (nSPS) is 15.8. The van der Waals surface area contributed by atoms with Crippen molar-refractivity contribution < 1.29 is 4.79 Å². The second-order valence-corrected chi connectivity index (χ2v) is 8.15. The Morgan fingerprint density at radius 3 is 2.55 bits per heavy atom. The lowest BCUT2D eigenvalue weighted by atomic mass is 9.90. The largest absolute Gasteiger partial charge is 0.329 e. The zero-order valence-electron chi connectivity index (χ0n) is 17.4. The van der Waals surface area contributed by atoms with Crippen LogP contribution in [0.1, 0.15) is 22.6 Å². The van der Waals surface area contributed by atoms with Crippen LogP contribution in [0.3, 0.4) is 0 Å². The first-order valence-corrected chi connectivity index (χ1v) is 10.6. The highest BCUT2D eigenvalue weighted by Gasteiger charge is 2.35. The lowest BCUT2D eigenvalue weighted by molar-refractivity contribution is -0.115. The number of nitrogens with two attached hydrogens (primary N) is 1. The smallest absolute Gasteiger partial charge is 0.238 e. The minimum Gasteiger partial charge on any atom is -0.329 e. The van der Waals surface area contributed by atoms with Crippen LogP contribution in [0.25, 0.3) is 0 Å². The van der Waals surface area contributed by atoms with Gasteiger partial charge in [0.15, 0.2) is 0 Å². The Morgan fingerprint density at radius 1 is 1.10 bits per heavy atom. The van der Waals surface area contributed by atoms with Crippen LogP contribution >= 0.6 is 11.6 Å². The van der Waals surface area contributed by atoms with Crippen molar-refractivity contribution in [2.24, 2.45) is 10.7 Å². The summed E-state index contributed by atoms with van der Waals surface area (Å²) in [7, 11) is 2.05. The molecule has 0 saturated heterocycles. The van der Waals surface area contributed by atoms with Crippen molar-refractivity contribution >= 4 is 34.6 Å². The molecular weight excluding hydrogens is 408 g/mol. The van der Waals surface area contributed by atoms with Crippen LogP contribution in [0.5, 0.6) is 0 Å². The van der Waals surface area contributed by atoms with E-state index in [4.69, 9.17) is 22.3 Å². The predicted octanol–water partition coefficient (Wildman–Crippen LogP) is 4.59. The number of aliphatic imine (C=N–C) groups is 1. The van der Waals surface area contributed by atoms with Gasteiger partial charge in [-0.15, -0.1) is 0 Å². The quantitative estimate of drug-likeness (QED) is 0.536. The third-order valence-electron chi connectivity index (χ3n) is 5.34. The van der Waals surface area contributed by atoms with E-state index >= 15 is 0 Å². The summed E-state index contributed by atoms with van der Waals surface area (Å²) in [6, 6.07) is 23.4. The molecule has 1 aliphatic heterocycles. The Morgan fingerprint density at radius 2 is 1.84 bits per heavy atom. The van der Waals surface area contributed by atoms with E-state index in [-0.39, 0.29) is 5.91 Å². The molecule has 6 heteroatoms. The molecule has 1 heterocycles. The number of halogens is 1. The molecule has 0 bridgehead atoms. The van der Waals surface area contributed by atoms with Gasteiger partial charge in [-0.1, -0.05) is 60.1 Å². The molecule has 1 amide bonds. The summed E-state index contributed by atoms with van der Waals surface area (Å²) in [6.07, 6.45) is 0. The Labute approximate surface area is 187 Å². The molecule has 0 aromatic heterocycles. The van der Waals surface area contributed by atoms with Crippen molar-refractivity contribution in [3.8, 4) is 0 Å². The number of carbonyl (C=O) groups is 1. The van der Waals surface area contributed by atoms with Crippen LogP contribution in [0.2, 0.25) is 5.02 Å². The molecule has 1 unspecified atom stereocenters. The lowest BCUT2D eigenvalue weighted by Crippen LogP contribution is -2.24. The van der Waals surface area contributed by atoms with Gasteiger partial charge in [-0.05, 0) is 48.0 Å². The molecule has 3 aromatic rings. The van der Waals surface area contributed by atoms with Gasteiger partial charge >= 0.3 is 0 Å². The fourth-order valence-corrected chi connectivity index (χ4v) is 4.01. The summed E-state index contributed by atoms with van der Waals surface area (Å²) in [5.74, 6) is -0.593. The minimum atomic E-state index is -0.495. The second-order valence-electron chi connectivity index (χ2n) is 7.71. The maximum Gasteiger partial charge on any atom is 0.238 e. The molecule has 0 saturated carbocycles. The molecule has 1 atom stereocenters. The van der Waals surface area contributed by atoms with Gasteiger partial charge in [0.05, 0.1) is 11.4 Å². The van der Waals surface area contributed by atoms with Gasteiger partial charge in [0, 0.05) is 30.3 Å². The maximum atomic E-state index is 12.9. The average molecular weight is 433 g/mol. The Kier molecular flexibility index (Phi) is 6.47. The van der Waals surface area contributed by atoms with Gasteiger partial charge in [-0.25, -0.2) is 0 Å². The predicted molar refractivity (Wildman–Crippen MR) is 127 cm³/mol. The Balaban J connectivity index is 1.70. The first kappa shape index (κ1) is 21.2. The molecule has 0 radical (unpaired) electrons. The zero-order chi connectivity index (χ0) is 21.8. The summed E-state index contributed by atoms with van der Waals surface area (Å²) in [5.41, 5.74) is 10.9. The average Bonchev–Trinajstić information content (AvgIpc) is 3.08. The lowest BCUT2D eigenvalue weighted by Gasteiger charge is -2.16. The number of fused-ring (bicyclic) bond motifs is 1. The van der Waals surface area contributed by atoms with E-state index in [9.17, 15) is 4.79 Å². The highest BCUT2D eigenvalue weighted by molar-refractivity contribution is 6.31. The summed E-state index contributed by atoms with van der Waals surface area (Å²) in [6.45, 7) is 2.31. The van der Waals surface area contributed by atoms with Gasteiger partial charge in [0.1, 0.15) is 5.92 Å². The van der Waals surface area contributed by atoms with Gasteiger partial charge in [-0.2, -0.15) is 0 Å². The number of benzene rings is 3. The number of rotatable bonds is 7. The van der Waals surface area contributed by atoms with Crippen molar-refractivity contribution in [3.05, 3.63) is 94.5 Å². The van der Waals surface area contributed by atoms with Crippen molar-refractivity contribution in [1.82, 2.24) is 4.90 Å². The SMILES string of the molecule is CN(CCN)Cc1ccc(N=C(c2ccccc2)C2C(=O)Nc3cc(Cl)ccc32)cc1. The van der Waals surface area contributed by atoms with E-state index in [0.717, 1.165) is 35.6 Å². The number of likely N-dealkylation sites (N-methyl/N-ethyl adjacent to an activating group) is 1. The molecule has 3 aromatic carbocycles. The zero-order valence-corrected chi connectivity index (χ0v) is 18.1. The molecule has 0 aliphatic carbocycles. The summed E-state index contributed by atoms with van der Waals surface area (Å²) < 4.78 is 0. The molecular formula is C25H25ClN4O. The fraction of sp³-hybridized carbons (Fsp3) is 0.200. The van der Waals surface area contributed by atoms with E-state index in [0.29, 0.717) is 17.3 Å². The van der Waals surface area contributed by atoms with Crippen molar-refractivity contribution in [1.29, 1.82) is 0 Å². The van der Waals surface area contributed by atoms with Gasteiger partial charge in [0.2, 0.25) is 5.91 Å². The van der Waals surface area contributed by atoms with Crippen molar-refractivity contribution in [2.45, 2.75) is 12.5 Å². The second kappa shape index (κ2) is 9.43. The molecule has 31 heavy (non-hydrogen) atoms. The van der Waals surface area contributed by atoms with Crippen LogP contribution < -0.4 is 11.1 Å². The summed E-state index contributed by atoms with van der Waals surface area (Å²) in [4.78, 5) is 20.0. The first-order chi connectivity index (χ1) is 15.0. The maximum absolute atomic E-state index is 12.9. The van der Waals surface area contributed by atoms with Crippen LogP contribution in [0, 0.1) is 0 Å². The highest BCUT2D eigenvalue weighted by atomic mass is 35.5. The molecule has 0 spiro atoms. The number of nitrogens with one attached hydrogen (secondary N) is 1. The third kappa shape index (κ3) is 4.85. The van der Waals surface area contributed by atoms with Crippen molar-refractivity contribution in [2.75, 3.05) is 25.5 Å². The van der Waals surface area contributed by atoms with E-state index in [1.165, 1.54) is 5.56 Å². The molecule has 1 aliphatic rings. The summed E-state index contributed by atoms with van der Waals surface area (Å²) in [5, 5.41) is 3.54. The van der Waals surface area contributed by atoms with Crippen molar-refractivity contribution in [3.63, 3.8) is 0 Å². The Bertz CT molecular complexity index is 1100. The van der Waals surface area contributed by atoms with E-state index < -0.39 is 5.92 Å². The first-order valence-electron chi connectivity index (χ1n) is 10.3. The van der Waals surface area contributed by atoms with Crippen LogP contribution in [0.15, 0.2) is 77.8 Å². The monoisotopic (exact) mass is 432 g/mol. The van der Waals surface area contributed by atoms with Crippen LogP contribution in [-0.4, -0.2) is 36.7 Å². The van der Waals surface area contributed by atoms with Crippen LogP contribution in [0.4, 0.5) is 11.4 Å². The number of hydrogen-bond acceptors (Lipinski definition) is 4. The fourth-order valence-electron chi connectivity index (χ4n) is 3.84. The standard InChI is InChI=1S/C25H25ClN4O/c1-30(14-13-27)16-17-7-10-20(11-8-17)28-24(18-5-3-2-4-6-18)23-21-12-9-19(26)15-22(21)29-25(23)31/h2-12,15,23H,13-14,16,27H2,1H3,(H,29,31). The van der Waals surface area contributed by atoms with Crippen LogP contribution in [-0.2, 0) is 11.3 Å². The number of nitrogens with zero attached hydrogens (tertiary/aromatic N) is 2. The Hall–Kier alpha value is -2.99. The number of anilines is 1. The summed E-state index contributed by atoms with van der Waals surface area (Å²) >= 11 is 6.12. The molecule has 3 N–H and O–H groups in total. The topological polar surface area (TPSA) is 70.7 Å². The third-order valence-corrected chi connectivity index (χ3v) is 5.57. The molecule has 158 valence electrons. The molecule has 0 fully saturated rings. The molecule has 4 rings (SSSR count). The van der Waals surface area contributed by atoms with E-state index in [1.54, 1.807) is 6.07 Å². The van der Waals surface area contributed by atoms with E-state index in [1.807, 2.05) is 54.6 Å². The highest BCUT2D eigenvalue weighted by Crippen LogP contribution is 2.37. The van der Waals surface area contributed by atoms with Gasteiger partial charge in [0.25, 0.3) is 0 Å². The number of amides is 1. The molecule has 5 nitrogen and oxygen atoms in total. The van der Waals surface area contributed by atoms with Gasteiger partial charge in [-0.3, -0.25) is 9.79 Å². The van der Waals surface area contributed by atoms with E-state index in [2.05, 4.69) is 29.4 Å². The number of carbonyl (C=O) groups excluding carboxylic acids is 1. The minimum absolute atomic E-state index is 0.0973. The van der Waals surface area contributed by atoms with Gasteiger partial charge < -0.3 is 16.0 Å². The number of hydrogen-bond donors (Lipinski definition) is 2.